The molecule has 0 spiro atoms. The molecule has 0 aromatic rings. The quantitative estimate of drug-likeness (QED) is 0.781. The van der Waals surface area contributed by atoms with Crippen molar-refractivity contribution in [1.82, 2.24) is 15.1 Å². The van der Waals surface area contributed by atoms with E-state index in [0.29, 0.717) is 13.0 Å². The average molecular weight is 352 g/mol. The van der Waals surface area contributed by atoms with E-state index >= 15 is 0 Å². The van der Waals surface area contributed by atoms with Gasteiger partial charge in [0.05, 0.1) is 0 Å². The van der Waals surface area contributed by atoms with Gasteiger partial charge in [-0.15, -0.1) is 0 Å². The molecule has 0 aromatic heterocycles. The second-order valence-electron chi connectivity index (χ2n) is 6.65. The maximum absolute atomic E-state index is 12.5. The van der Waals surface area contributed by atoms with Gasteiger partial charge in [0.2, 0.25) is 11.8 Å². The van der Waals surface area contributed by atoms with E-state index in [9.17, 15) is 14.4 Å². The summed E-state index contributed by atoms with van der Waals surface area (Å²) in [5, 5.41) is 0.759. The van der Waals surface area contributed by atoms with Crippen LogP contribution in [0.4, 0.5) is 4.79 Å². The third kappa shape index (κ3) is 5.47. The Balaban J connectivity index is 1.88. The van der Waals surface area contributed by atoms with E-state index in [2.05, 4.69) is 0 Å². The highest BCUT2D eigenvalue weighted by Gasteiger charge is 2.34. The second-order valence-corrected chi connectivity index (χ2v) is 6.65. The van der Waals surface area contributed by atoms with Crippen molar-refractivity contribution in [1.29, 1.82) is 0 Å². The molecular weight excluding hydrogens is 322 g/mol. The van der Waals surface area contributed by atoms with Crippen LogP contribution in [0.25, 0.3) is 0 Å². The van der Waals surface area contributed by atoms with Gasteiger partial charge in [-0.3, -0.25) is 9.59 Å². The Bertz CT molecular complexity index is 553. The molecule has 2 rings (SSSR count). The van der Waals surface area contributed by atoms with Crippen molar-refractivity contribution in [2.24, 2.45) is 0 Å². The van der Waals surface area contributed by atoms with Gasteiger partial charge in [0.1, 0.15) is 18.7 Å². The van der Waals surface area contributed by atoms with Gasteiger partial charge in [-0.25, -0.2) is 4.79 Å². The SMILES string of the molecule is [2H]N(C)C(=O)C1CCCN1C(=O)CN(C)C(=O)OC1/C=C/CCCCC1. The summed E-state index contributed by atoms with van der Waals surface area (Å²) in [4.78, 5) is 39.5. The van der Waals surface area contributed by atoms with E-state index < -0.39 is 18.0 Å². The Hall–Kier alpha value is -2.05. The van der Waals surface area contributed by atoms with Crippen LogP contribution in [0.2, 0.25) is 1.41 Å². The summed E-state index contributed by atoms with van der Waals surface area (Å²) in [6.45, 7) is 0.331. The molecule has 0 saturated carbocycles. The van der Waals surface area contributed by atoms with E-state index in [0.717, 1.165) is 43.8 Å². The minimum Gasteiger partial charge on any atom is -0.442 e. The molecule has 1 aliphatic heterocycles. The highest BCUT2D eigenvalue weighted by atomic mass is 16.6. The topological polar surface area (TPSA) is 79.0 Å². The van der Waals surface area contributed by atoms with Crippen molar-refractivity contribution < 1.29 is 20.5 Å². The first-order chi connectivity index (χ1) is 12.4. The first-order valence-corrected chi connectivity index (χ1v) is 9.04. The van der Waals surface area contributed by atoms with Crippen LogP contribution in [0.15, 0.2) is 12.2 Å². The molecule has 1 N–H and O–H groups in total. The third-order valence-corrected chi connectivity index (χ3v) is 4.73. The number of likely N-dealkylation sites (tertiary alicyclic amines) is 1. The molecule has 7 heteroatoms. The zero-order valence-corrected chi connectivity index (χ0v) is 15.1. The third-order valence-electron chi connectivity index (χ3n) is 4.73. The molecule has 1 heterocycles. The van der Waals surface area contributed by atoms with Gasteiger partial charge < -0.3 is 19.8 Å². The van der Waals surface area contributed by atoms with Crippen molar-refractivity contribution in [3.05, 3.63) is 12.2 Å². The molecular formula is C18H29N3O4. The average Bonchev–Trinajstić information content (AvgIpc) is 3.05. The molecule has 1 saturated heterocycles. The van der Waals surface area contributed by atoms with Crippen LogP contribution in [0, 0.1) is 0 Å². The number of nitrogens with zero attached hydrogens (tertiary/aromatic N) is 2. The van der Waals surface area contributed by atoms with Crippen molar-refractivity contribution in [2.45, 2.75) is 57.1 Å². The summed E-state index contributed by atoms with van der Waals surface area (Å²) in [5.41, 5.74) is 0. The zero-order valence-electron chi connectivity index (χ0n) is 16.1. The fourth-order valence-electron chi connectivity index (χ4n) is 3.28. The number of ether oxygens (including phenoxy) is 1. The Morgan fingerprint density at radius 2 is 2.08 bits per heavy atom. The van der Waals surface area contributed by atoms with Gasteiger partial charge in [0.25, 0.3) is 0 Å². The summed E-state index contributed by atoms with van der Waals surface area (Å²) >= 11 is 0. The second kappa shape index (κ2) is 9.44. The highest BCUT2D eigenvalue weighted by Crippen LogP contribution is 2.18. The number of carbonyl (C=O) groups excluding carboxylic acids is 3. The Morgan fingerprint density at radius 1 is 1.28 bits per heavy atom. The molecule has 1 fully saturated rings. The van der Waals surface area contributed by atoms with Crippen LogP contribution < -0.4 is 5.31 Å². The van der Waals surface area contributed by atoms with Crippen molar-refractivity contribution in [3.8, 4) is 0 Å². The van der Waals surface area contributed by atoms with Gasteiger partial charge >= 0.3 is 6.09 Å². The fourth-order valence-corrected chi connectivity index (χ4v) is 3.28. The van der Waals surface area contributed by atoms with Crippen LogP contribution in [0.5, 0.6) is 0 Å². The van der Waals surface area contributed by atoms with E-state index in [1.54, 1.807) is 0 Å². The lowest BCUT2D eigenvalue weighted by Gasteiger charge is -2.26. The van der Waals surface area contributed by atoms with Crippen LogP contribution in [-0.4, -0.2) is 67.0 Å². The minimum absolute atomic E-state index is 0.138. The molecule has 2 atom stereocenters. The number of hydrogen-bond acceptors (Lipinski definition) is 4. The smallest absolute Gasteiger partial charge is 0.410 e. The summed E-state index contributed by atoms with van der Waals surface area (Å²) in [5.74, 6) is -0.698. The van der Waals surface area contributed by atoms with Crippen molar-refractivity contribution in [2.75, 3.05) is 27.2 Å². The van der Waals surface area contributed by atoms with E-state index in [4.69, 9.17) is 6.15 Å². The van der Waals surface area contributed by atoms with Gasteiger partial charge in [0.15, 0.2) is 1.41 Å². The Labute approximate surface area is 150 Å². The molecule has 3 amide bonds. The van der Waals surface area contributed by atoms with Crippen LogP contribution in [-0.2, 0) is 14.3 Å². The lowest BCUT2D eigenvalue weighted by Crippen LogP contribution is -2.48. The number of likely N-dealkylation sites (N-methyl/N-ethyl adjacent to an activating group) is 2. The number of hydrogen-bond donors (Lipinski definition) is 1. The monoisotopic (exact) mass is 352 g/mol. The van der Waals surface area contributed by atoms with Gasteiger partial charge in [0, 0.05) is 20.6 Å². The van der Waals surface area contributed by atoms with Gasteiger partial charge in [-0.2, -0.15) is 0 Å². The normalized spacial score (nSPS) is 25.4. The summed E-state index contributed by atoms with van der Waals surface area (Å²) in [7, 11) is 2.88. The summed E-state index contributed by atoms with van der Waals surface area (Å²) in [6, 6.07) is -0.608. The summed E-state index contributed by atoms with van der Waals surface area (Å²) < 4.78 is 12.9. The summed E-state index contributed by atoms with van der Waals surface area (Å²) in [6.07, 6.45) is 9.54. The first kappa shape index (κ1) is 17.8. The standard InChI is InChI=1S/C18H29N3O4/c1-19-17(23)15-11-8-12-21(15)16(22)13-20(2)18(24)25-14-9-6-4-3-5-7-10-14/h6,9,14-15H,3-5,7-8,10-13H2,1-2H3,(H,19,23)/b9-6+/i/hD. The highest BCUT2D eigenvalue weighted by molar-refractivity contribution is 5.89. The molecule has 2 aliphatic rings. The molecule has 140 valence electrons. The van der Waals surface area contributed by atoms with Crippen LogP contribution in [0.1, 0.15) is 44.9 Å². The Kier molecular flexibility index (Phi) is 6.71. The molecule has 25 heavy (non-hydrogen) atoms. The zero-order chi connectivity index (χ0) is 19.1. The van der Waals surface area contributed by atoms with Crippen LogP contribution >= 0.6 is 0 Å². The largest absolute Gasteiger partial charge is 0.442 e. The van der Waals surface area contributed by atoms with Gasteiger partial charge in [-0.1, -0.05) is 12.5 Å². The lowest BCUT2D eigenvalue weighted by molar-refractivity contribution is -0.138. The number of carbonyl (C=O) groups is 3. The Morgan fingerprint density at radius 3 is 2.84 bits per heavy atom. The maximum Gasteiger partial charge on any atom is 0.410 e. The van der Waals surface area contributed by atoms with Gasteiger partial charge in [-0.05, 0) is 44.6 Å². The number of rotatable bonds is 4. The van der Waals surface area contributed by atoms with Crippen molar-refractivity contribution in [3.63, 3.8) is 0 Å². The predicted molar refractivity (Wildman–Crippen MR) is 93.9 cm³/mol. The maximum atomic E-state index is 12.5. The number of amides is 3. The fraction of sp³-hybridized carbons (Fsp3) is 0.722. The molecule has 0 aromatic carbocycles. The predicted octanol–water partition coefficient (Wildman–Crippen LogP) is 1.68. The van der Waals surface area contributed by atoms with E-state index in [1.165, 1.54) is 23.9 Å². The number of nitrogens with one attached hydrogen (secondary N) is 1. The molecule has 0 bridgehead atoms. The van der Waals surface area contributed by atoms with Crippen molar-refractivity contribution >= 4 is 17.9 Å². The first-order valence-electron chi connectivity index (χ1n) is 9.49. The van der Waals surface area contributed by atoms with Crippen LogP contribution in [0.3, 0.4) is 0 Å². The molecule has 1 aliphatic carbocycles. The molecule has 0 radical (unpaired) electrons. The minimum atomic E-state index is -0.608. The molecule has 2 unspecified atom stereocenters. The number of allylic oxidation sites excluding steroid dienone is 1. The molecule has 7 nitrogen and oxygen atoms in total. The van der Waals surface area contributed by atoms with E-state index in [-0.39, 0.29) is 18.6 Å². The van der Waals surface area contributed by atoms with E-state index in [1.807, 2.05) is 12.2 Å². The lowest BCUT2D eigenvalue weighted by atomic mass is 10.0.